The molecule has 1 amide bonds. The zero-order valence-electron chi connectivity index (χ0n) is 16.0. The Bertz CT molecular complexity index is 1020. The molecule has 4 heteroatoms. The molecular formula is C24H22N2O2. The highest BCUT2D eigenvalue weighted by Gasteiger charge is 2.12. The Morgan fingerprint density at radius 3 is 2.57 bits per heavy atom. The molecule has 28 heavy (non-hydrogen) atoms. The Kier molecular flexibility index (Phi) is 6.08. The fraction of sp³-hybridized carbons (Fsp3) is 0.167. The van der Waals surface area contributed by atoms with Crippen LogP contribution in [0.2, 0.25) is 0 Å². The van der Waals surface area contributed by atoms with Crippen molar-refractivity contribution >= 4 is 11.6 Å². The summed E-state index contributed by atoms with van der Waals surface area (Å²) in [5.74, 6) is 0.708. The van der Waals surface area contributed by atoms with Crippen LogP contribution < -0.4 is 10.1 Å². The molecule has 0 atom stereocenters. The monoisotopic (exact) mass is 370 g/mol. The number of amides is 1. The number of anilines is 1. The van der Waals surface area contributed by atoms with E-state index in [1.807, 2.05) is 42.5 Å². The van der Waals surface area contributed by atoms with E-state index in [4.69, 9.17) is 4.74 Å². The lowest BCUT2D eigenvalue weighted by Gasteiger charge is -2.14. The van der Waals surface area contributed by atoms with Gasteiger partial charge in [0.2, 0.25) is 0 Å². The molecular weight excluding hydrogens is 348 g/mol. The van der Waals surface area contributed by atoms with E-state index in [9.17, 15) is 10.1 Å². The number of nitrogens with zero attached hydrogens (tertiary/aromatic N) is 1. The molecule has 0 aliphatic rings. The first-order chi connectivity index (χ1) is 13.6. The highest BCUT2D eigenvalue weighted by Crippen LogP contribution is 2.25. The molecule has 0 spiro atoms. The summed E-state index contributed by atoms with van der Waals surface area (Å²) in [5, 5.41) is 12.2. The first-order valence-corrected chi connectivity index (χ1v) is 9.19. The van der Waals surface area contributed by atoms with Gasteiger partial charge in [-0.2, -0.15) is 5.26 Å². The maximum absolute atomic E-state index is 12.7. The average molecular weight is 370 g/mol. The highest BCUT2D eigenvalue weighted by atomic mass is 16.5. The second-order valence-electron chi connectivity index (χ2n) is 6.78. The van der Waals surface area contributed by atoms with Crippen molar-refractivity contribution in [1.29, 1.82) is 5.26 Å². The molecule has 1 N–H and O–H groups in total. The normalized spacial score (nSPS) is 10.4. The van der Waals surface area contributed by atoms with Crippen molar-refractivity contribution in [3.8, 4) is 11.8 Å². The molecule has 0 bridgehead atoms. The van der Waals surface area contributed by atoms with Gasteiger partial charge in [-0.25, -0.2) is 0 Å². The molecule has 0 saturated carbocycles. The smallest absolute Gasteiger partial charge is 0.255 e. The number of rotatable bonds is 6. The number of nitrogens with one attached hydrogen (secondary N) is 1. The van der Waals surface area contributed by atoms with Crippen LogP contribution in [0.3, 0.4) is 0 Å². The third kappa shape index (κ3) is 4.57. The van der Waals surface area contributed by atoms with Gasteiger partial charge in [0, 0.05) is 16.8 Å². The molecule has 3 aromatic rings. The molecule has 0 fully saturated rings. The lowest BCUT2D eigenvalue weighted by molar-refractivity contribution is 0.102. The van der Waals surface area contributed by atoms with Gasteiger partial charge in [-0.05, 0) is 41.8 Å². The summed E-state index contributed by atoms with van der Waals surface area (Å²) in [6, 6.07) is 24.3. The summed E-state index contributed by atoms with van der Waals surface area (Å²) in [5.41, 5.74) is 3.82. The molecule has 3 rings (SSSR count). The lowest BCUT2D eigenvalue weighted by atomic mass is 10.0. The molecule has 0 aliphatic heterocycles. The van der Waals surface area contributed by atoms with Crippen LogP contribution in [-0.4, -0.2) is 5.91 Å². The minimum absolute atomic E-state index is 0.184. The number of nitriles is 1. The topological polar surface area (TPSA) is 62.1 Å². The van der Waals surface area contributed by atoms with Gasteiger partial charge in [0.15, 0.2) is 0 Å². The number of benzene rings is 3. The molecule has 0 unspecified atom stereocenters. The largest absolute Gasteiger partial charge is 0.489 e. The van der Waals surface area contributed by atoms with Crippen LogP contribution in [0.1, 0.15) is 46.8 Å². The van der Waals surface area contributed by atoms with E-state index in [-0.39, 0.29) is 12.5 Å². The minimum atomic E-state index is -0.184. The predicted molar refractivity (Wildman–Crippen MR) is 110 cm³/mol. The van der Waals surface area contributed by atoms with Crippen LogP contribution in [-0.2, 0) is 6.61 Å². The number of carbonyl (C=O) groups is 1. The molecule has 3 aromatic carbocycles. The Morgan fingerprint density at radius 1 is 1.04 bits per heavy atom. The van der Waals surface area contributed by atoms with Crippen molar-refractivity contribution in [2.75, 3.05) is 5.32 Å². The maximum atomic E-state index is 12.7. The Balaban J connectivity index is 1.73. The SMILES string of the molecule is CC(C)c1ccccc1NC(=O)c1cccc(OCc2ccccc2C#N)c1. The first kappa shape index (κ1) is 19.2. The van der Waals surface area contributed by atoms with Crippen LogP contribution in [0, 0.1) is 11.3 Å². The summed E-state index contributed by atoms with van der Waals surface area (Å²) < 4.78 is 5.81. The van der Waals surface area contributed by atoms with E-state index < -0.39 is 0 Å². The molecule has 0 saturated heterocycles. The quantitative estimate of drug-likeness (QED) is 0.622. The second-order valence-corrected chi connectivity index (χ2v) is 6.78. The van der Waals surface area contributed by atoms with Crippen LogP contribution in [0.25, 0.3) is 0 Å². The third-order valence-electron chi connectivity index (χ3n) is 4.46. The van der Waals surface area contributed by atoms with Gasteiger partial charge < -0.3 is 10.1 Å². The van der Waals surface area contributed by atoms with Crippen LogP contribution in [0.4, 0.5) is 5.69 Å². The van der Waals surface area contributed by atoms with Crippen LogP contribution in [0.15, 0.2) is 72.8 Å². The van der Waals surface area contributed by atoms with Gasteiger partial charge in [-0.3, -0.25) is 4.79 Å². The second kappa shape index (κ2) is 8.88. The fourth-order valence-corrected chi connectivity index (χ4v) is 2.95. The predicted octanol–water partition coefficient (Wildman–Crippen LogP) is 5.51. The van der Waals surface area contributed by atoms with E-state index in [1.165, 1.54) is 0 Å². The molecule has 0 heterocycles. The Labute approximate surface area is 165 Å². The number of para-hydroxylation sites is 1. The van der Waals surface area contributed by atoms with E-state index in [1.54, 1.807) is 30.3 Å². The maximum Gasteiger partial charge on any atom is 0.255 e. The van der Waals surface area contributed by atoms with Crippen LogP contribution >= 0.6 is 0 Å². The van der Waals surface area contributed by atoms with Crippen molar-refractivity contribution in [3.05, 3.63) is 95.1 Å². The van der Waals surface area contributed by atoms with Crippen molar-refractivity contribution in [2.24, 2.45) is 0 Å². The first-order valence-electron chi connectivity index (χ1n) is 9.19. The summed E-state index contributed by atoms with van der Waals surface area (Å²) in [7, 11) is 0. The van der Waals surface area contributed by atoms with Crippen molar-refractivity contribution < 1.29 is 9.53 Å². The van der Waals surface area contributed by atoms with E-state index in [0.717, 1.165) is 16.8 Å². The zero-order valence-corrected chi connectivity index (χ0v) is 16.0. The van der Waals surface area contributed by atoms with E-state index in [2.05, 4.69) is 25.2 Å². The summed E-state index contributed by atoms with van der Waals surface area (Å²) in [6.45, 7) is 4.46. The van der Waals surface area contributed by atoms with Crippen molar-refractivity contribution in [1.82, 2.24) is 0 Å². The summed E-state index contributed by atoms with van der Waals surface area (Å²) in [4.78, 5) is 12.7. The molecule has 0 aliphatic carbocycles. The van der Waals surface area contributed by atoms with Gasteiger partial charge in [0.1, 0.15) is 12.4 Å². The standard InChI is InChI=1S/C24H22N2O2/c1-17(2)22-12-5-6-13-23(22)26-24(27)18-10-7-11-21(14-18)28-16-20-9-4-3-8-19(20)15-25/h3-14,17H,16H2,1-2H3,(H,26,27). The van der Waals surface area contributed by atoms with Crippen molar-refractivity contribution in [3.63, 3.8) is 0 Å². The fourth-order valence-electron chi connectivity index (χ4n) is 2.95. The van der Waals surface area contributed by atoms with E-state index >= 15 is 0 Å². The highest BCUT2D eigenvalue weighted by molar-refractivity contribution is 6.04. The Hall–Kier alpha value is -3.58. The molecule has 4 nitrogen and oxygen atoms in total. The van der Waals surface area contributed by atoms with Gasteiger partial charge in [0.05, 0.1) is 11.6 Å². The van der Waals surface area contributed by atoms with Gasteiger partial charge in [0.25, 0.3) is 5.91 Å². The van der Waals surface area contributed by atoms with Gasteiger partial charge in [-0.15, -0.1) is 0 Å². The van der Waals surface area contributed by atoms with Gasteiger partial charge in [-0.1, -0.05) is 56.3 Å². The van der Waals surface area contributed by atoms with Crippen molar-refractivity contribution in [2.45, 2.75) is 26.4 Å². The number of carbonyl (C=O) groups excluding carboxylic acids is 1. The molecule has 140 valence electrons. The van der Waals surface area contributed by atoms with Gasteiger partial charge >= 0.3 is 0 Å². The number of hydrogen-bond acceptors (Lipinski definition) is 3. The average Bonchev–Trinajstić information content (AvgIpc) is 2.73. The summed E-state index contributed by atoms with van der Waals surface area (Å²) in [6.07, 6.45) is 0. The third-order valence-corrected chi connectivity index (χ3v) is 4.46. The molecule has 0 radical (unpaired) electrons. The lowest BCUT2D eigenvalue weighted by Crippen LogP contribution is -2.13. The summed E-state index contributed by atoms with van der Waals surface area (Å²) >= 11 is 0. The van der Waals surface area contributed by atoms with Crippen LogP contribution in [0.5, 0.6) is 5.75 Å². The van der Waals surface area contributed by atoms with E-state index in [0.29, 0.717) is 22.8 Å². The zero-order chi connectivity index (χ0) is 19.9. The minimum Gasteiger partial charge on any atom is -0.489 e. The number of ether oxygens (including phenoxy) is 1. The molecule has 0 aromatic heterocycles. The number of hydrogen-bond donors (Lipinski definition) is 1. The Morgan fingerprint density at radius 2 is 1.79 bits per heavy atom.